The summed E-state index contributed by atoms with van der Waals surface area (Å²) in [7, 11) is 0. The minimum atomic E-state index is -1.55. The van der Waals surface area contributed by atoms with Gasteiger partial charge in [0.25, 0.3) is 5.56 Å². The summed E-state index contributed by atoms with van der Waals surface area (Å²) in [6, 6.07) is 0. The van der Waals surface area contributed by atoms with Crippen LogP contribution in [-0.4, -0.2) is 37.1 Å². The van der Waals surface area contributed by atoms with Crippen LogP contribution in [0.25, 0.3) is 0 Å². The first-order valence-corrected chi connectivity index (χ1v) is 11.6. The largest absolute Gasteiger partial charge is 0.506 e. The lowest BCUT2D eigenvalue weighted by Gasteiger charge is -2.35. The molecule has 1 heterocycles. The molecule has 0 aliphatic heterocycles. The van der Waals surface area contributed by atoms with E-state index in [1.54, 1.807) is 6.08 Å². The number of aliphatic hydroxyl groups is 2. The highest BCUT2D eigenvalue weighted by Crippen LogP contribution is 2.41. The molecule has 1 aliphatic rings. The van der Waals surface area contributed by atoms with Gasteiger partial charge >= 0.3 is 0 Å². The molecule has 1 fully saturated rings. The zero-order chi connectivity index (χ0) is 24.8. The molecule has 4 N–H and O–H groups in total. The molecule has 0 amide bonds. The molecule has 0 saturated heterocycles. The van der Waals surface area contributed by atoms with Gasteiger partial charge in [-0.1, -0.05) is 57.1 Å². The van der Waals surface area contributed by atoms with E-state index in [1.807, 2.05) is 13.0 Å². The number of carbonyl (C=O) groups is 1. The van der Waals surface area contributed by atoms with Crippen LogP contribution < -0.4 is 5.56 Å². The summed E-state index contributed by atoms with van der Waals surface area (Å²) >= 11 is 0. The molecule has 1 aromatic heterocycles. The van der Waals surface area contributed by atoms with E-state index in [4.69, 9.17) is 0 Å². The van der Waals surface area contributed by atoms with Crippen LogP contribution in [0.3, 0.4) is 0 Å². The van der Waals surface area contributed by atoms with E-state index in [2.05, 4.69) is 26.8 Å². The third kappa shape index (κ3) is 6.92. The molecule has 1 aliphatic carbocycles. The Hall–Kier alpha value is -2.64. The summed E-state index contributed by atoms with van der Waals surface area (Å²) in [5.41, 5.74) is -2.27. The van der Waals surface area contributed by atoms with Crippen LogP contribution in [-0.2, 0) is 5.60 Å². The lowest BCUT2D eigenvalue weighted by Crippen LogP contribution is -2.36. The Morgan fingerprint density at radius 1 is 1.24 bits per heavy atom. The maximum absolute atomic E-state index is 12.7. The monoisotopic (exact) mass is 459 g/mol. The predicted octanol–water partition coefficient (Wildman–Crippen LogP) is 4.23. The zero-order valence-electron chi connectivity index (χ0n) is 20.0. The van der Waals surface area contributed by atoms with E-state index in [-0.39, 0.29) is 23.1 Å². The molecule has 1 aromatic rings. The van der Waals surface area contributed by atoms with E-state index >= 15 is 0 Å². The van der Waals surface area contributed by atoms with Crippen molar-refractivity contribution in [2.75, 3.05) is 0 Å². The van der Waals surface area contributed by atoms with Gasteiger partial charge < -0.3 is 20.5 Å². The topological polar surface area (TPSA) is 120 Å². The highest BCUT2D eigenvalue weighted by molar-refractivity contribution is 6.06. The quantitative estimate of drug-likeness (QED) is 0.190. The first kappa shape index (κ1) is 26.6. The number of hydrogen-bond acceptors (Lipinski definition) is 6. The molecule has 0 bridgehead atoms. The van der Waals surface area contributed by atoms with Gasteiger partial charge in [-0.05, 0) is 56.9 Å². The summed E-state index contributed by atoms with van der Waals surface area (Å²) in [6.45, 7) is 8.54. The standard InChI is InChI=1S/C26H37NO6/c1-5-17(2)14-19(4)15-18(3)8-6-7-9-22(29)23-24(30)21(16-27(33)25(23)31)26(32)12-10-20(28)11-13-26/h6-9,15-17,19-20,28,30,32-33H,5,10-14H2,1-4H3/t17-,19+,20?,26?/m0/s1. The van der Waals surface area contributed by atoms with Crippen LogP contribution in [0.2, 0.25) is 0 Å². The van der Waals surface area contributed by atoms with E-state index in [0.717, 1.165) is 30.7 Å². The van der Waals surface area contributed by atoms with E-state index in [0.29, 0.717) is 24.7 Å². The van der Waals surface area contributed by atoms with Crippen LogP contribution in [0.4, 0.5) is 0 Å². The minimum absolute atomic E-state index is 0.0992. The second-order valence-electron chi connectivity index (χ2n) is 9.40. The van der Waals surface area contributed by atoms with Gasteiger partial charge in [0.2, 0.25) is 0 Å². The maximum atomic E-state index is 12.7. The maximum Gasteiger partial charge on any atom is 0.297 e. The summed E-state index contributed by atoms with van der Waals surface area (Å²) in [5.74, 6) is -0.332. The second kappa shape index (κ2) is 11.5. The van der Waals surface area contributed by atoms with Crippen molar-refractivity contribution in [3.05, 3.63) is 63.6 Å². The van der Waals surface area contributed by atoms with Crippen LogP contribution >= 0.6 is 0 Å². The summed E-state index contributed by atoms with van der Waals surface area (Å²) in [4.78, 5) is 25.0. The van der Waals surface area contributed by atoms with Crippen LogP contribution in [0.1, 0.15) is 82.1 Å². The number of aromatic hydroxyl groups is 1. The lowest BCUT2D eigenvalue weighted by molar-refractivity contribution is -0.0389. The molecule has 182 valence electrons. The van der Waals surface area contributed by atoms with Crippen molar-refractivity contribution >= 4 is 5.78 Å². The minimum Gasteiger partial charge on any atom is -0.506 e. The van der Waals surface area contributed by atoms with Crippen molar-refractivity contribution < 1.29 is 25.3 Å². The predicted molar refractivity (Wildman–Crippen MR) is 128 cm³/mol. The number of hydrogen-bond donors (Lipinski definition) is 4. The number of rotatable bonds is 9. The summed E-state index contributed by atoms with van der Waals surface area (Å²) in [6.07, 6.45) is 11.8. The van der Waals surface area contributed by atoms with Gasteiger partial charge in [0.15, 0.2) is 5.78 Å². The van der Waals surface area contributed by atoms with Gasteiger partial charge in [-0.25, -0.2) is 0 Å². The fourth-order valence-corrected chi connectivity index (χ4v) is 4.31. The fraction of sp³-hybridized carbons (Fsp3) is 0.538. The van der Waals surface area contributed by atoms with Gasteiger partial charge in [0.05, 0.1) is 17.9 Å². The number of ketones is 1. The average molecular weight is 460 g/mol. The lowest BCUT2D eigenvalue weighted by atomic mass is 9.78. The Kier molecular flexibility index (Phi) is 9.25. The third-order valence-electron chi connectivity index (χ3n) is 6.43. The van der Waals surface area contributed by atoms with Gasteiger partial charge in [-0.15, -0.1) is 0 Å². The number of nitrogens with zero attached hydrogens (tertiary/aromatic N) is 1. The number of allylic oxidation sites excluding steroid dienone is 6. The molecule has 0 spiro atoms. The highest BCUT2D eigenvalue weighted by Gasteiger charge is 2.38. The van der Waals surface area contributed by atoms with Gasteiger partial charge in [-0.2, -0.15) is 4.73 Å². The normalized spacial score (nSPS) is 23.8. The molecule has 2 rings (SSSR count). The SMILES string of the molecule is CC[C@H](C)C[C@@H](C)C=C(C)C=CC=CC(=O)c1c(O)c(C2(O)CCC(O)CC2)cn(O)c1=O. The average Bonchev–Trinajstić information content (AvgIpc) is 2.75. The Labute approximate surface area is 195 Å². The first-order valence-electron chi connectivity index (χ1n) is 11.6. The summed E-state index contributed by atoms with van der Waals surface area (Å²) in [5, 5.41) is 41.3. The first-order chi connectivity index (χ1) is 15.5. The number of aliphatic hydroxyl groups excluding tert-OH is 1. The Morgan fingerprint density at radius 3 is 2.45 bits per heavy atom. The Morgan fingerprint density at radius 2 is 1.85 bits per heavy atom. The van der Waals surface area contributed by atoms with Crippen LogP contribution in [0.5, 0.6) is 5.75 Å². The molecule has 0 radical (unpaired) electrons. The van der Waals surface area contributed by atoms with Gasteiger partial charge in [0.1, 0.15) is 11.3 Å². The smallest absolute Gasteiger partial charge is 0.297 e. The van der Waals surface area contributed by atoms with Crippen molar-refractivity contribution in [1.29, 1.82) is 0 Å². The molecule has 1 saturated carbocycles. The molecule has 0 aromatic carbocycles. The van der Waals surface area contributed by atoms with E-state index in [9.17, 15) is 30.1 Å². The second-order valence-corrected chi connectivity index (χ2v) is 9.40. The van der Waals surface area contributed by atoms with E-state index in [1.165, 1.54) is 6.08 Å². The molecule has 0 unspecified atom stereocenters. The highest BCUT2D eigenvalue weighted by atomic mass is 16.5. The molecule has 33 heavy (non-hydrogen) atoms. The molecule has 7 heteroatoms. The van der Waals surface area contributed by atoms with Crippen molar-refractivity contribution in [1.82, 2.24) is 4.73 Å². The number of pyridine rings is 1. The van der Waals surface area contributed by atoms with E-state index < -0.39 is 34.4 Å². The Balaban J connectivity index is 2.21. The zero-order valence-corrected chi connectivity index (χ0v) is 20.0. The molecular weight excluding hydrogens is 422 g/mol. The van der Waals surface area contributed by atoms with Crippen molar-refractivity contribution in [3.8, 4) is 5.75 Å². The Bertz CT molecular complexity index is 979. The summed E-state index contributed by atoms with van der Waals surface area (Å²) < 4.78 is 0.209. The van der Waals surface area contributed by atoms with Crippen LogP contribution in [0.15, 0.2) is 46.9 Å². The number of aromatic nitrogens is 1. The fourth-order valence-electron chi connectivity index (χ4n) is 4.31. The van der Waals surface area contributed by atoms with Crippen molar-refractivity contribution in [2.24, 2.45) is 11.8 Å². The van der Waals surface area contributed by atoms with Crippen molar-refractivity contribution in [3.63, 3.8) is 0 Å². The molecule has 7 nitrogen and oxygen atoms in total. The number of carbonyl (C=O) groups excluding carboxylic acids is 1. The van der Waals surface area contributed by atoms with Gasteiger partial charge in [0, 0.05) is 5.56 Å². The van der Waals surface area contributed by atoms with Crippen LogP contribution in [0, 0.1) is 11.8 Å². The van der Waals surface area contributed by atoms with Gasteiger partial charge in [-0.3, -0.25) is 9.59 Å². The van der Waals surface area contributed by atoms with Crippen molar-refractivity contribution in [2.45, 2.75) is 77.9 Å². The third-order valence-corrected chi connectivity index (χ3v) is 6.43. The molecular formula is C26H37NO6. The molecule has 2 atom stereocenters.